The number of nitrogens with one attached hydrogen (secondary N) is 2. The molecule has 0 saturated carbocycles. The first-order valence-electron chi connectivity index (χ1n) is 6.16. The summed E-state index contributed by atoms with van der Waals surface area (Å²) in [6.45, 7) is 2.05. The van der Waals surface area contributed by atoms with E-state index in [2.05, 4.69) is 10.6 Å². The summed E-state index contributed by atoms with van der Waals surface area (Å²) in [5, 5.41) is 8.89. The van der Waals surface area contributed by atoms with Gasteiger partial charge in [0, 0.05) is 5.25 Å². The van der Waals surface area contributed by atoms with Crippen LogP contribution in [0.5, 0.6) is 0 Å². The zero-order valence-electron chi connectivity index (χ0n) is 10.5. The van der Waals surface area contributed by atoms with Gasteiger partial charge in [-0.05, 0) is 37.4 Å². The van der Waals surface area contributed by atoms with E-state index < -0.39 is 5.91 Å². The van der Waals surface area contributed by atoms with Gasteiger partial charge in [-0.1, -0.05) is 0 Å². The summed E-state index contributed by atoms with van der Waals surface area (Å²) < 4.78 is 0. The third kappa shape index (κ3) is 4.22. The van der Waals surface area contributed by atoms with E-state index in [1.807, 2.05) is 0 Å². The lowest BCUT2D eigenvalue weighted by Crippen LogP contribution is -2.30. The zero-order valence-corrected chi connectivity index (χ0v) is 12.1. The Kier molecular flexibility index (Phi) is 5.24. The Labute approximate surface area is 120 Å². The van der Waals surface area contributed by atoms with Gasteiger partial charge < -0.3 is 16.4 Å². The van der Waals surface area contributed by atoms with Crippen molar-refractivity contribution in [3.8, 4) is 0 Å². The minimum absolute atomic E-state index is 0.0755. The molecule has 7 heteroatoms. The summed E-state index contributed by atoms with van der Waals surface area (Å²) in [7, 11) is 0. The fourth-order valence-corrected chi connectivity index (χ4v) is 3.76. The van der Waals surface area contributed by atoms with Gasteiger partial charge in [-0.15, -0.1) is 23.1 Å². The summed E-state index contributed by atoms with van der Waals surface area (Å²) in [6, 6.07) is 1.63. The first kappa shape index (κ1) is 14.4. The van der Waals surface area contributed by atoms with Gasteiger partial charge in [0.1, 0.15) is 5.00 Å². The molecule has 0 unspecified atom stereocenters. The van der Waals surface area contributed by atoms with Crippen molar-refractivity contribution in [1.29, 1.82) is 0 Å². The number of nitrogens with two attached hydrogens (primary N) is 1. The third-order valence-corrected chi connectivity index (χ3v) is 5.12. The van der Waals surface area contributed by atoms with E-state index in [0.29, 0.717) is 21.6 Å². The van der Waals surface area contributed by atoms with Crippen LogP contribution in [0.1, 0.15) is 23.2 Å². The molecule has 2 amide bonds. The normalized spacial score (nSPS) is 16.2. The van der Waals surface area contributed by atoms with E-state index in [4.69, 9.17) is 5.73 Å². The van der Waals surface area contributed by atoms with Crippen molar-refractivity contribution in [2.24, 2.45) is 5.73 Å². The Balaban J connectivity index is 1.80. The third-order valence-electron chi connectivity index (χ3n) is 2.92. The molecule has 1 aliphatic heterocycles. The summed E-state index contributed by atoms with van der Waals surface area (Å²) in [4.78, 5) is 23.0. The van der Waals surface area contributed by atoms with Crippen molar-refractivity contribution < 1.29 is 9.59 Å². The van der Waals surface area contributed by atoms with E-state index in [1.165, 1.54) is 11.3 Å². The number of thiophene rings is 1. The number of piperidine rings is 1. The van der Waals surface area contributed by atoms with Crippen LogP contribution in [0.2, 0.25) is 0 Å². The van der Waals surface area contributed by atoms with Gasteiger partial charge in [0.15, 0.2) is 0 Å². The summed E-state index contributed by atoms with van der Waals surface area (Å²) >= 11 is 2.99. The highest BCUT2D eigenvalue weighted by atomic mass is 32.2. The second-order valence-electron chi connectivity index (χ2n) is 4.34. The van der Waals surface area contributed by atoms with Gasteiger partial charge in [0.05, 0.1) is 11.3 Å². The lowest BCUT2D eigenvalue weighted by molar-refractivity contribution is -0.113. The highest BCUT2D eigenvalue weighted by molar-refractivity contribution is 8.00. The Morgan fingerprint density at radius 1 is 1.47 bits per heavy atom. The quantitative estimate of drug-likeness (QED) is 0.764. The van der Waals surface area contributed by atoms with E-state index in [1.54, 1.807) is 23.2 Å². The number of anilines is 1. The van der Waals surface area contributed by atoms with Crippen molar-refractivity contribution in [2.75, 3.05) is 24.2 Å². The molecule has 1 saturated heterocycles. The maximum absolute atomic E-state index is 11.8. The molecule has 0 aromatic carbocycles. The molecule has 1 aliphatic rings. The van der Waals surface area contributed by atoms with Crippen molar-refractivity contribution >= 4 is 39.9 Å². The predicted molar refractivity (Wildman–Crippen MR) is 79.8 cm³/mol. The lowest BCUT2D eigenvalue weighted by atomic mass is 10.2. The Morgan fingerprint density at radius 2 is 2.21 bits per heavy atom. The number of carbonyl (C=O) groups excluding carboxylic acids is 2. The van der Waals surface area contributed by atoms with Gasteiger partial charge in [0.25, 0.3) is 5.91 Å². The van der Waals surface area contributed by atoms with Crippen LogP contribution < -0.4 is 16.4 Å². The number of amides is 2. The zero-order chi connectivity index (χ0) is 13.7. The molecule has 0 atom stereocenters. The number of hydrogen-bond acceptors (Lipinski definition) is 5. The maximum Gasteiger partial charge on any atom is 0.251 e. The van der Waals surface area contributed by atoms with E-state index in [-0.39, 0.29) is 5.91 Å². The minimum atomic E-state index is -0.512. The lowest BCUT2D eigenvalue weighted by Gasteiger charge is -2.21. The van der Waals surface area contributed by atoms with Crippen LogP contribution in [0.15, 0.2) is 11.4 Å². The van der Waals surface area contributed by atoms with Crippen molar-refractivity contribution in [1.82, 2.24) is 5.32 Å². The summed E-state index contributed by atoms with van der Waals surface area (Å²) in [6.07, 6.45) is 2.20. The molecule has 0 bridgehead atoms. The summed E-state index contributed by atoms with van der Waals surface area (Å²) in [5.41, 5.74) is 5.61. The van der Waals surface area contributed by atoms with Crippen LogP contribution in [0.3, 0.4) is 0 Å². The molecule has 0 aliphatic carbocycles. The average molecular weight is 299 g/mol. The van der Waals surface area contributed by atoms with E-state index in [9.17, 15) is 9.59 Å². The van der Waals surface area contributed by atoms with Gasteiger partial charge >= 0.3 is 0 Å². The number of hydrogen-bond donors (Lipinski definition) is 3. The number of carbonyl (C=O) groups is 2. The SMILES string of the molecule is NC(=O)c1ccsc1NC(=O)CSC1CCNCC1. The molecule has 104 valence electrons. The van der Waals surface area contributed by atoms with Gasteiger partial charge in [-0.3, -0.25) is 9.59 Å². The van der Waals surface area contributed by atoms with E-state index >= 15 is 0 Å². The molecular weight excluding hydrogens is 282 g/mol. The molecule has 4 N–H and O–H groups in total. The maximum atomic E-state index is 11.8. The first-order chi connectivity index (χ1) is 9.16. The summed E-state index contributed by atoms with van der Waals surface area (Å²) in [5.74, 6) is -0.170. The number of thioether (sulfide) groups is 1. The monoisotopic (exact) mass is 299 g/mol. The highest BCUT2D eigenvalue weighted by Gasteiger charge is 2.16. The second kappa shape index (κ2) is 6.93. The fraction of sp³-hybridized carbons (Fsp3) is 0.500. The average Bonchev–Trinajstić information content (AvgIpc) is 2.86. The second-order valence-corrected chi connectivity index (χ2v) is 6.54. The van der Waals surface area contributed by atoms with Crippen LogP contribution in [-0.4, -0.2) is 35.9 Å². The van der Waals surface area contributed by atoms with Crippen molar-refractivity contribution in [3.63, 3.8) is 0 Å². The van der Waals surface area contributed by atoms with Crippen LogP contribution in [0.25, 0.3) is 0 Å². The van der Waals surface area contributed by atoms with Crippen molar-refractivity contribution in [3.05, 3.63) is 17.0 Å². The van der Waals surface area contributed by atoms with Crippen LogP contribution >= 0.6 is 23.1 Å². The fourth-order valence-electron chi connectivity index (χ4n) is 1.92. The van der Waals surface area contributed by atoms with Crippen LogP contribution in [0.4, 0.5) is 5.00 Å². The Bertz CT molecular complexity index is 456. The minimum Gasteiger partial charge on any atom is -0.366 e. The Morgan fingerprint density at radius 3 is 2.89 bits per heavy atom. The van der Waals surface area contributed by atoms with Crippen molar-refractivity contribution in [2.45, 2.75) is 18.1 Å². The van der Waals surface area contributed by atoms with Gasteiger partial charge in [-0.25, -0.2) is 0 Å². The highest BCUT2D eigenvalue weighted by Crippen LogP contribution is 2.24. The topological polar surface area (TPSA) is 84.2 Å². The van der Waals surface area contributed by atoms with Gasteiger partial charge in [-0.2, -0.15) is 0 Å². The molecular formula is C12H17N3O2S2. The molecule has 0 spiro atoms. The van der Waals surface area contributed by atoms with Crippen LogP contribution in [0, 0.1) is 0 Å². The Hall–Kier alpha value is -1.05. The number of primary amides is 1. The molecule has 2 heterocycles. The first-order valence-corrected chi connectivity index (χ1v) is 8.09. The molecule has 2 rings (SSSR count). The molecule has 1 aromatic rings. The van der Waals surface area contributed by atoms with Crippen LogP contribution in [-0.2, 0) is 4.79 Å². The predicted octanol–water partition coefficient (Wildman–Crippen LogP) is 1.27. The number of rotatable bonds is 5. The molecule has 5 nitrogen and oxygen atoms in total. The largest absolute Gasteiger partial charge is 0.366 e. The standard InChI is InChI=1S/C12H17N3O2S2/c13-11(17)9-3-6-18-12(9)15-10(16)7-19-8-1-4-14-5-2-8/h3,6,8,14H,1-2,4-5,7H2,(H2,13,17)(H,15,16). The smallest absolute Gasteiger partial charge is 0.251 e. The molecule has 1 fully saturated rings. The molecule has 0 radical (unpaired) electrons. The van der Waals surface area contributed by atoms with Gasteiger partial charge in [0.2, 0.25) is 5.91 Å². The molecule has 19 heavy (non-hydrogen) atoms. The molecule has 1 aromatic heterocycles. The van der Waals surface area contributed by atoms with E-state index in [0.717, 1.165) is 25.9 Å².